The van der Waals surface area contributed by atoms with Crippen molar-refractivity contribution in [3.8, 4) is 5.75 Å². The van der Waals surface area contributed by atoms with E-state index in [1.54, 1.807) is 42.5 Å². The number of thiazole rings is 1. The van der Waals surface area contributed by atoms with Gasteiger partial charge in [0.15, 0.2) is 11.9 Å². The van der Waals surface area contributed by atoms with Gasteiger partial charge < -0.3 is 9.64 Å². The van der Waals surface area contributed by atoms with Crippen molar-refractivity contribution in [2.45, 2.75) is 38.7 Å². The SMILES string of the molecule is CC(=O)c1cccc(OC(C)C(=O)N2CCC(c3nc4cc(Cl)ccc4s3)CC2)c1. The van der Waals surface area contributed by atoms with E-state index in [0.717, 1.165) is 28.1 Å². The molecule has 1 unspecified atom stereocenters. The number of Topliss-reactive ketones (excluding diaryl/α,β-unsaturated/α-hetero) is 1. The molecule has 0 bridgehead atoms. The number of nitrogens with zero attached hydrogens (tertiary/aromatic N) is 2. The summed E-state index contributed by atoms with van der Waals surface area (Å²) in [5.74, 6) is 0.830. The largest absolute Gasteiger partial charge is 0.481 e. The molecular weight excluding hydrogens is 420 g/mol. The number of aromatic nitrogens is 1. The van der Waals surface area contributed by atoms with Gasteiger partial charge >= 0.3 is 0 Å². The number of likely N-dealkylation sites (tertiary alicyclic amines) is 1. The molecule has 5 nitrogen and oxygen atoms in total. The van der Waals surface area contributed by atoms with E-state index in [4.69, 9.17) is 21.3 Å². The number of hydrogen-bond donors (Lipinski definition) is 0. The Morgan fingerprint density at radius 3 is 2.70 bits per heavy atom. The van der Waals surface area contributed by atoms with E-state index in [0.29, 0.717) is 35.3 Å². The summed E-state index contributed by atoms with van der Waals surface area (Å²) in [5.41, 5.74) is 1.51. The Labute approximate surface area is 184 Å². The molecule has 1 aliphatic rings. The van der Waals surface area contributed by atoms with Gasteiger partial charge in [0.2, 0.25) is 0 Å². The van der Waals surface area contributed by atoms with Gasteiger partial charge in [-0.05, 0) is 57.0 Å². The average Bonchev–Trinajstić information content (AvgIpc) is 3.16. The van der Waals surface area contributed by atoms with Gasteiger partial charge in [0.1, 0.15) is 5.75 Å². The van der Waals surface area contributed by atoms with Gasteiger partial charge in [-0.15, -0.1) is 11.3 Å². The summed E-state index contributed by atoms with van der Waals surface area (Å²) in [4.78, 5) is 31.0. The second-order valence-electron chi connectivity index (χ2n) is 7.61. The average molecular weight is 443 g/mol. The van der Waals surface area contributed by atoms with Crippen molar-refractivity contribution in [2.75, 3.05) is 13.1 Å². The number of rotatable bonds is 5. The molecule has 1 saturated heterocycles. The fourth-order valence-electron chi connectivity index (χ4n) is 3.74. The summed E-state index contributed by atoms with van der Waals surface area (Å²) in [6, 6.07) is 12.7. The Morgan fingerprint density at radius 1 is 1.20 bits per heavy atom. The Morgan fingerprint density at radius 2 is 1.97 bits per heavy atom. The molecule has 1 amide bonds. The summed E-state index contributed by atoms with van der Waals surface area (Å²) < 4.78 is 6.96. The number of ether oxygens (including phenoxy) is 1. The lowest BCUT2D eigenvalue weighted by atomic mass is 9.97. The third-order valence-electron chi connectivity index (χ3n) is 5.42. The molecule has 2 heterocycles. The second kappa shape index (κ2) is 8.74. The highest BCUT2D eigenvalue weighted by molar-refractivity contribution is 7.18. The molecule has 1 aromatic heterocycles. The van der Waals surface area contributed by atoms with Crippen molar-refractivity contribution in [1.82, 2.24) is 9.88 Å². The summed E-state index contributed by atoms with van der Waals surface area (Å²) >= 11 is 7.78. The minimum atomic E-state index is -0.603. The van der Waals surface area contributed by atoms with E-state index in [1.165, 1.54) is 6.92 Å². The van der Waals surface area contributed by atoms with Crippen LogP contribution in [-0.2, 0) is 4.79 Å². The van der Waals surface area contributed by atoms with Crippen LogP contribution in [0.2, 0.25) is 5.02 Å². The molecule has 156 valence electrons. The predicted molar refractivity (Wildman–Crippen MR) is 120 cm³/mol. The van der Waals surface area contributed by atoms with Crippen molar-refractivity contribution in [3.63, 3.8) is 0 Å². The highest BCUT2D eigenvalue weighted by Gasteiger charge is 2.29. The lowest BCUT2D eigenvalue weighted by molar-refractivity contribution is -0.139. The molecule has 1 atom stereocenters. The van der Waals surface area contributed by atoms with Crippen LogP contribution in [0.4, 0.5) is 0 Å². The Kier molecular flexibility index (Phi) is 6.06. The molecule has 3 aromatic rings. The van der Waals surface area contributed by atoms with Crippen molar-refractivity contribution in [3.05, 3.63) is 58.1 Å². The van der Waals surface area contributed by atoms with Crippen molar-refractivity contribution in [1.29, 1.82) is 0 Å². The van der Waals surface area contributed by atoms with Gasteiger partial charge in [-0.1, -0.05) is 23.7 Å². The minimum Gasteiger partial charge on any atom is -0.481 e. The smallest absolute Gasteiger partial charge is 0.263 e. The summed E-state index contributed by atoms with van der Waals surface area (Å²) in [6.07, 6.45) is 1.16. The van der Waals surface area contributed by atoms with Gasteiger partial charge in [0.25, 0.3) is 5.91 Å². The minimum absolute atomic E-state index is 0.0291. The molecule has 0 saturated carbocycles. The zero-order chi connectivity index (χ0) is 21.3. The number of carbonyl (C=O) groups excluding carboxylic acids is 2. The number of hydrogen-bond acceptors (Lipinski definition) is 5. The quantitative estimate of drug-likeness (QED) is 0.501. The second-order valence-corrected chi connectivity index (χ2v) is 9.11. The maximum absolute atomic E-state index is 12.8. The van der Waals surface area contributed by atoms with Crippen molar-refractivity contribution in [2.24, 2.45) is 0 Å². The van der Waals surface area contributed by atoms with Gasteiger partial charge in [0, 0.05) is 29.6 Å². The van der Waals surface area contributed by atoms with E-state index >= 15 is 0 Å². The first-order chi connectivity index (χ1) is 14.4. The molecule has 1 fully saturated rings. The highest BCUT2D eigenvalue weighted by atomic mass is 35.5. The zero-order valence-electron chi connectivity index (χ0n) is 16.9. The van der Waals surface area contributed by atoms with Gasteiger partial charge in [-0.2, -0.15) is 0 Å². The number of halogens is 1. The number of amides is 1. The summed E-state index contributed by atoms with van der Waals surface area (Å²) in [7, 11) is 0. The van der Waals surface area contributed by atoms with E-state index in [1.807, 2.05) is 23.1 Å². The number of fused-ring (bicyclic) bond motifs is 1. The normalized spacial score (nSPS) is 15.9. The number of piperidine rings is 1. The molecule has 7 heteroatoms. The molecule has 0 aliphatic carbocycles. The molecule has 0 N–H and O–H groups in total. The van der Waals surface area contributed by atoms with Crippen LogP contribution in [0.1, 0.15) is 48.0 Å². The first kappa shape index (κ1) is 20.8. The predicted octanol–water partition coefficient (Wildman–Crippen LogP) is 5.33. The molecular formula is C23H23ClN2O3S. The Balaban J connectivity index is 1.36. The first-order valence-electron chi connectivity index (χ1n) is 10.0. The number of carbonyl (C=O) groups is 2. The van der Waals surface area contributed by atoms with Crippen molar-refractivity contribution >= 4 is 44.8 Å². The fourth-order valence-corrected chi connectivity index (χ4v) is 5.02. The van der Waals surface area contributed by atoms with Crippen LogP contribution < -0.4 is 4.74 Å². The molecule has 0 radical (unpaired) electrons. The van der Waals surface area contributed by atoms with Gasteiger partial charge in [-0.25, -0.2) is 4.98 Å². The number of ketones is 1. The third kappa shape index (κ3) is 4.50. The van der Waals surface area contributed by atoms with E-state index < -0.39 is 6.10 Å². The third-order valence-corrected chi connectivity index (χ3v) is 6.86. The summed E-state index contributed by atoms with van der Waals surface area (Å²) in [5, 5.41) is 1.81. The van der Waals surface area contributed by atoms with Crippen LogP contribution in [0.5, 0.6) is 5.75 Å². The Hall–Kier alpha value is -2.44. The Bertz CT molecular complexity index is 1090. The monoisotopic (exact) mass is 442 g/mol. The van der Waals surface area contributed by atoms with Crippen molar-refractivity contribution < 1.29 is 14.3 Å². The first-order valence-corrected chi connectivity index (χ1v) is 11.2. The fraction of sp³-hybridized carbons (Fsp3) is 0.348. The summed E-state index contributed by atoms with van der Waals surface area (Å²) in [6.45, 7) is 4.63. The zero-order valence-corrected chi connectivity index (χ0v) is 18.5. The van der Waals surface area contributed by atoms with Crippen LogP contribution in [-0.4, -0.2) is 40.8 Å². The van der Waals surface area contributed by atoms with E-state index in [9.17, 15) is 9.59 Å². The van der Waals surface area contributed by atoms with Crippen LogP contribution >= 0.6 is 22.9 Å². The maximum atomic E-state index is 12.8. The topological polar surface area (TPSA) is 59.5 Å². The lowest BCUT2D eigenvalue weighted by Gasteiger charge is -2.32. The van der Waals surface area contributed by atoms with Gasteiger partial charge in [-0.3, -0.25) is 9.59 Å². The van der Waals surface area contributed by atoms with Crippen LogP contribution in [0, 0.1) is 0 Å². The molecule has 30 heavy (non-hydrogen) atoms. The van der Waals surface area contributed by atoms with Crippen LogP contribution in [0.3, 0.4) is 0 Å². The molecule has 1 aliphatic heterocycles. The van der Waals surface area contributed by atoms with E-state index in [-0.39, 0.29) is 11.7 Å². The highest BCUT2D eigenvalue weighted by Crippen LogP contribution is 2.35. The standard InChI is InChI=1S/C23H23ClN2O3S/c1-14(27)17-4-3-5-19(12-17)29-15(2)23(28)26-10-8-16(9-11-26)22-25-20-13-18(24)6-7-21(20)30-22/h3-7,12-13,15-16H,8-11H2,1-2H3. The number of benzene rings is 2. The maximum Gasteiger partial charge on any atom is 0.263 e. The van der Waals surface area contributed by atoms with Crippen LogP contribution in [0.15, 0.2) is 42.5 Å². The molecule has 2 aromatic carbocycles. The lowest BCUT2D eigenvalue weighted by Crippen LogP contribution is -2.44. The van der Waals surface area contributed by atoms with Gasteiger partial charge in [0.05, 0.1) is 15.2 Å². The van der Waals surface area contributed by atoms with E-state index in [2.05, 4.69) is 0 Å². The molecule has 0 spiro atoms. The van der Waals surface area contributed by atoms with Crippen LogP contribution in [0.25, 0.3) is 10.2 Å². The molecule has 4 rings (SSSR count).